The number of benzene rings is 1. The minimum absolute atomic E-state index is 0. The van der Waals surface area contributed by atoms with Crippen molar-refractivity contribution in [3.8, 4) is 0 Å². The molecule has 1 aliphatic heterocycles. The zero-order valence-electron chi connectivity index (χ0n) is 10.2. The van der Waals surface area contributed by atoms with Crippen molar-refractivity contribution < 1.29 is 8.78 Å². The molecule has 5 heteroatoms. The summed E-state index contributed by atoms with van der Waals surface area (Å²) in [5.74, 6) is -0.232. The summed E-state index contributed by atoms with van der Waals surface area (Å²) in [6.07, 6.45) is 0.362. The van der Waals surface area contributed by atoms with E-state index in [1.807, 2.05) is 6.07 Å². The Kier molecular flexibility index (Phi) is 6.54. The lowest BCUT2D eigenvalue weighted by Gasteiger charge is -2.35. The Balaban J connectivity index is 0.00000162. The second-order valence-corrected chi connectivity index (χ2v) is 4.30. The summed E-state index contributed by atoms with van der Waals surface area (Å²) in [7, 11) is 0. The highest BCUT2D eigenvalue weighted by molar-refractivity contribution is 5.85. The predicted octanol–water partition coefficient (Wildman–Crippen LogP) is 2.55. The third kappa shape index (κ3) is 3.64. The maximum Gasteiger partial charge on any atom is 0.127 e. The van der Waals surface area contributed by atoms with Gasteiger partial charge in [0.25, 0.3) is 0 Å². The van der Waals surface area contributed by atoms with Gasteiger partial charge in [0.2, 0.25) is 0 Å². The van der Waals surface area contributed by atoms with E-state index in [0.717, 1.165) is 26.2 Å². The number of rotatable bonds is 4. The van der Waals surface area contributed by atoms with Crippen molar-refractivity contribution >= 4 is 12.4 Å². The average molecular weight is 277 g/mol. The first-order valence-electron chi connectivity index (χ1n) is 6.08. The van der Waals surface area contributed by atoms with E-state index in [-0.39, 0.29) is 24.3 Å². The molecule has 1 heterocycles. The van der Waals surface area contributed by atoms with E-state index in [1.165, 1.54) is 6.07 Å². The highest BCUT2D eigenvalue weighted by Gasteiger charge is 2.23. The van der Waals surface area contributed by atoms with Crippen LogP contribution < -0.4 is 5.32 Å². The van der Waals surface area contributed by atoms with Crippen LogP contribution in [-0.2, 0) is 0 Å². The molecule has 1 aromatic rings. The normalized spacial score (nSPS) is 18.1. The Labute approximate surface area is 113 Å². The van der Waals surface area contributed by atoms with E-state index in [4.69, 9.17) is 0 Å². The number of hydrogen-bond acceptors (Lipinski definition) is 2. The van der Waals surface area contributed by atoms with Crippen LogP contribution in [0.5, 0.6) is 0 Å². The molecule has 1 fully saturated rings. The molecule has 0 radical (unpaired) electrons. The van der Waals surface area contributed by atoms with Crippen LogP contribution >= 0.6 is 12.4 Å². The van der Waals surface area contributed by atoms with E-state index < -0.39 is 6.67 Å². The van der Waals surface area contributed by atoms with Gasteiger partial charge in [0.05, 0.1) is 6.67 Å². The first kappa shape index (κ1) is 15.3. The predicted molar refractivity (Wildman–Crippen MR) is 71.4 cm³/mol. The highest BCUT2D eigenvalue weighted by Crippen LogP contribution is 2.26. The standard InChI is InChI=1S/C13H18F2N2.ClH/c14-6-5-13(17-9-7-16-8-10-17)11-3-1-2-4-12(11)15;/h1-4,13,16H,5-10H2;1H/t13-;/m1./s1. The van der Waals surface area contributed by atoms with Crippen LogP contribution in [0, 0.1) is 5.82 Å². The van der Waals surface area contributed by atoms with E-state index in [9.17, 15) is 8.78 Å². The first-order valence-corrected chi connectivity index (χ1v) is 6.08. The number of hydrogen-bond donors (Lipinski definition) is 1. The second-order valence-electron chi connectivity index (χ2n) is 4.30. The molecule has 0 amide bonds. The Morgan fingerprint density at radius 3 is 2.50 bits per heavy atom. The van der Waals surface area contributed by atoms with E-state index in [1.54, 1.807) is 12.1 Å². The second kappa shape index (κ2) is 7.67. The molecule has 1 N–H and O–H groups in total. The smallest absolute Gasteiger partial charge is 0.127 e. The van der Waals surface area contributed by atoms with Crippen molar-refractivity contribution in [1.82, 2.24) is 10.2 Å². The van der Waals surface area contributed by atoms with Gasteiger partial charge in [0, 0.05) is 37.8 Å². The van der Waals surface area contributed by atoms with Crippen LogP contribution in [0.15, 0.2) is 24.3 Å². The number of piperazine rings is 1. The third-order valence-corrected chi connectivity index (χ3v) is 3.24. The molecule has 1 aliphatic rings. The van der Waals surface area contributed by atoms with Crippen LogP contribution in [0.1, 0.15) is 18.0 Å². The van der Waals surface area contributed by atoms with E-state index >= 15 is 0 Å². The molecule has 102 valence electrons. The molecule has 1 atom stereocenters. The van der Waals surface area contributed by atoms with Gasteiger partial charge in [-0.1, -0.05) is 18.2 Å². The first-order chi connectivity index (χ1) is 8.33. The molecular weight excluding hydrogens is 258 g/mol. The molecular formula is C13H19ClF2N2. The monoisotopic (exact) mass is 276 g/mol. The molecule has 1 saturated heterocycles. The van der Waals surface area contributed by atoms with Crippen molar-refractivity contribution in [2.24, 2.45) is 0 Å². The largest absolute Gasteiger partial charge is 0.314 e. The highest BCUT2D eigenvalue weighted by atomic mass is 35.5. The van der Waals surface area contributed by atoms with Gasteiger partial charge in [-0.25, -0.2) is 4.39 Å². The minimum Gasteiger partial charge on any atom is -0.314 e. The molecule has 0 aliphatic carbocycles. The quantitative estimate of drug-likeness (QED) is 0.909. The number of halogens is 3. The van der Waals surface area contributed by atoms with Crippen LogP contribution in [0.3, 0.4) is 0 Å². The van der Waals surface area contributed by atoms with Crippen LogP contribution in [0.2, 0.25) is 0 Å². The van der Waals surface area contributed by atoms with Crippen molar-refractivity contribution in [3.63, 3.8) is 0 Å². The van der Waals surface area contributed by atoms with Crippen molar-refractivity contribution in [2.75, 3.05) is 32.9 Å². The van der Waals surface area contributed by atoms with Gasteiger partial charge in [-0.05, 0) is 12.5 Å². The lowest BCUT2D eigenvalue weighted by atomic mass is 10.0. The summed E-state index contributed by atoms with van der Waals surface area (Å²) in [4.78, 5) is 2.16. The lowest BCUT2D eigenvalue weighted by molar-refractivity contribution is 0.154. The van der Waals surface area contributed by atoms with Gasteiger partial charge in [-0.3, -0.25) is 9.29 Å². The summed E-state index contributed by atoms with van der Waals surface area (Å²) >= 11 is 0. The van der Waals surface area contributed by atoms with Crippen molar-refractivity contribution in [3.05, 3.63) is 35.6 Å². The summed E-state index contributed by atoms with van der Waals surface area (Å²) in [6, 6.07) is 6.55. The maximum absolute atomic E-state index is 13.8. The zero-order valence-corrected chi connectivity index (χ0v) is 11.1. The SMILES string of the molecule is Cl.FCC[C@H](c1ccccc1F)N1CCNCC1. The summed E-state index contributed by atoms with van der Waals surface area (Å²) < 4.78 is 26.4. The fourth-order valence-electron chi connectivity index (χ4n) is 2.38. The van der Waals surface area contributed by atoms with Crippen molar-refractivity contribution in [2.45, 2.75) is 12.5 Å². The van der Waals surface area contributed by atoms with Crippen LogP contribution in [-0.4, -0.2) is 37.8 Å². The maximum atomic E-state index is 13.8. The summed E-state index contributed by atoms with van der Waals surface area (Å²) in [5.41, 5.74) is 0.618. The topological polar surface area (TPSA) is 15.3 Å². The molecule has 2 rings (SSSR count). The number of alkyl halides is 1. The third-order valence-electron chi connectivity index (χ3n) is 3.24. The average Bonchev–Trinajstić information content (AvgIpc) is 2.38. The van der Waals surface area contributed by atoms with Gasteiger partial charge < -0.3 is 5.32 Å². The van der Waals surface area contributed by atoms with Gasteiger partial charge in [-0.15, -0.1) is 12.4 Å². The molecule has 0 bridgehead atoms. The van der Waals surface area contributed by atoms with E-state index in [2.05, 4.69) is 10.2 Å². The Hall–Kier alpha value is -0.710. The summed E-state index contributed by atoms with van der Waals surface area (Å²) in [6.45, 7) is 3.05. The van der Waals surface area contributed by atoms with Gasteiger partial charge in [0.15, 0.2) is 0 Å². The fourth-order valence-corrected chi connectivity index (χ4v) is 2.38. The Morgan fingerprint density at radius 1 is 1.22 bits per heavy atom. The minimum atomic E-state index is -0.414. The fraction of sp³-hybridized carbons (Fsp3) is 0.538. The van der Waals surface area contributed by atoms with E-state index in [0.29, 0.717) is 12.0 Å². The Bertz CT molecular complexity index is 357. The van der Waals surface area contributed by atoms with Gasteiger partial charge in [0.1, 0.15) is 5.82 Å². The number of nitrogens with one attached hydrogen (secondary N) is 1. The molecule has 18 heavy (non-hydrogen) atoms. The lowest BCUT2D eigenvalue weighted by Crippen LogP contribution is -2.45. The summed E-state index contributed by atoms with van der Waals surface area (Å²) in [5, 5.41) is 3.25. The van der Waals surface area contributed by atoms with Crippen LogP contribution in [0.25, 0.3) is 0 Å². The molecule has 0 unspecified atom stereocenters. The number of nitrogens with zero attached hydrogens (tertiary/aromatic N) is 1. The van der Waals surface area contributed by atoms with Crippen molar-refractivity contribution in [1.29, 1.82) is 0 Å². The van der Waals surface area contributed by atoms with Gasteiger partial charge in [-0.2, -0.15) is 0 Å². The zero-order chi connectivity index (χ0) is 12.1. The molecule has 0 aromatic heterocycles. The molecule has 2 nitrogen and oxygen atoms in total. The molecule has 0 saturated carbocycles. The molecule has 0 spiro atoms. The molecule has 1 aromatic carbocycles. The van der Waals surface area contributed by atoms with Crippen LogP contribution in [0.4, 0.5) is 8.78 Å². The Morgan fingerprint density at radius 2 is 1.89 bits per heavy atom. The van der Waals surface area contributed by atoms with Gasteiger partial charge >= 0.3 is 0 Å².